The maximum atomic E-state index is 12.2. The fourth-order valence-corrected chi connectivity index (χ4v) is 1.82. The summed E-state index contributed by atoms with van der Waals surface area (Å²) in [4.78, 5) is 46.1. The van der Waals surface area contributed by atoms with Crippen molar-refractivity contribution in [2.24, 2.45) is 17.8 Å². The first-order valence-electron chi connectivity index (χ1n) is 6.36. The van der Waals surface area contributed by atoms with E-state index in [1.54, 1.807) is 13.8 Å². The summed E-state index contributed by atoms with van der Waals surface area (Å²) in [5.41, 5.74) is 0. The van der Waals surface area contributed by atoms with Gasteiger partial charge in [0.05, 0.1) is 0 Å². The average molecular weight is 270 g/mol. The van der Waals surface area contributed by atoms with Crippen LogP contribution in [0.4, 0.5) is 0 Å². The van der Waals surface area contributed by atoms with Crippen LogP contribution in [0.25, 0.3) is 0 Å². The van der Waals surface area contributed by atoms with Crippen LogP contribution in [0.5, 0.6) is 0 Å². The largest absolute Gasteiger partial charge is 0.359 e. The molecule has 0 saturated carbocycles. The highest BCUT2D eigenvalue weighted by atomic mass is 16.2. The second-order valence-corrected chi connectivity index (χ2v) is 4.55. The first-order valence-corrected chi connectivity index (χ1v) is 6.36. The van der Waals surface area contributed by atoms with Crippen molar-refractivity contribution >= 4 is 23.9 Å². The van der Waals surface area contributed by atoms with Gasteiger partial charge in [-0.25, -0.2) is 0 Å². The van der Waals surface area contributed by atoms with Gasteiger partial charge < -0.3 is 15.4 Å². The summed E-state index contributed by atoms with van der Waals surface area (Å²) in [6.45, 7) is 5.38. The van der Waals surface area contributed by atoms with Crippen LogP contribution in [-0.4, -0.2) is 37.5 Å². The van der Waals surface area contributed by atoms with E-state index < -0.39 is 23.7 Å². The molecule has 0 saturated heterocycles. The van der Waals surface area contributed by atoms with E-state index in [4.69, 9.17) is 0 Å². The van der Waals surface area contributed by atoms with E-state index in [2.05, 4.69) is 10.6 Å². The number of rotatable bonds is 8. The lowest BCUT2D eigenvalue weighted by atomic mass is 9.83. The SMILES string of the molecule is CCNC(=O)CC(C)C(=O)C(C(=O)NC)C(C)C=O. The third-order valence-corrected chi connectivity index (χ3v) is 2.93. The van der Waals surface area contributed by atoms with E-state index in [1.165, 1.54) is 14.0 Å². The Morgan fingerprint density at radius 2 is 1.79 bits per heavy atom. The van der Waals surface area contributed by atoms with Crippen LogP contribution in [0, 0.1) is 17.8 Å². The predicted molar refractivity (Wildman–Crippen MR) is 70.3 cm³/mol. The molecule has 0 fully saturated rings. The molecule has 19 heavy (non-hydrogen) atoms. The highest BCUT2D eigenvalue weighted by Crippen LogP contribution is 2.18. The number of Topliss-reactive ketones (excluding diaryl/α,β-unsaturated/α-hetero) is 1. The normalized spacial score (nSPS) is 14.9. The second-order valence-electron chi connectivity index (χ2n) is 4.55. The van der Waals surface area contributed by atoms with Crippen LogP contribution in [-0.2, 0) is 19.2 Å². The van der Waals surface area contributed by atoms with E-state index >= 15 is 0 Å². The standard InChI is InChI=1S/C13H22N2O4/c1-5-15-10(17)6-8(2)12(18)11(9(3)7-16)13(19)14-4/h7-9,11H,5-6H2,1-4H3,(H,14,19)(H,15,17). The molecule has 2 amide bonds. The van der Waals surface area contributed by atoms with E-state index in [1.807, 2.05) is 0 Å². The molecule has 2 N–H and O–H groups in total. The van der Waals surface area contributed by atoms with Gasteiger partial charge >= 0.3 is 0 Å². The summed E-state index contributed by atoms with van der Waals surface area (Å²) in [5, 5.41) is 4.97. The van der Waals surface area contributed by atoms with Crippen molar-refractivity contribution in [3.63, 3.8) is 0 Å². The van der Waals surface area contributed by atoms with Crippen LogP contribution in [0.2, 0.25) is 0 Å². The lowest BCUT2D eigenvalue weighted by Crippen LogP contribution is -2.41. The van der Waals surface area contributed by atoms with Crippen molar-refractivity contribution in [3.8, 4) is 0 Å². The first-order chi connectivity index (χ1) is 8.88. The monoisotopic (exact) mass is 270 g/mol. The number of carbonyl (C=O) groups excluding carboxylic acids is 4. The third-order valence-electron chi connectivity index (χ3n) is 2.93. The molecule has 0 aliphatic heterocycles. The number of nitrogens with one attached hydrogen (secondary N) is 2. The fraction of sp³-hybridized carbons (Fsp3) is 0.692. The Bertz CT molecular complexity index is 355. The van der Waals surface area contributed by atoms with Gasteiger partial charge in [-0.1, -0.05) is 13.8 Å². The van der Waals surface area contributed by atoms with Crippen molar-refractivity contribution in [2.75, 3.05) is 13.6 Å². The summed E-state index contributed by atoms with van der Waals surface area (Å²) in [6.07, 6.45) is 0.600. The molecule has 0 radical (unpaired) electrons. The lowest BCUT2D eigenvalue weighted by Gasteiger charge is -2.20. The Morgan fingerprint density at radius 1 is 1.21 bits per heavy atom. The van der Waals surface area contributed by atoms with Crippen LogP contribution >= 0.6 is 0 Å². The highest BCUT2D eigenvalue weighted by molar-refractivity contribution is 6.05. The molecule has 0 heterocycles. The zero-order chi connectivity index (χ0) is 15.0. The average Bonchev–Trinajstić information content (AvgIpc) is 2.38. The van der Waals surface area contributed by atoms with E-state index in [0.717, 1.165) is 0 Å². The van der Waals surface area contributed by atoms with Gasteiger partial charge in [-0.15, -0.1) is 0 Å². The van der Waals surface area contributed by atoms with Crippen LogP contribution in [0.15, 0.2) is 0 Å². The number of hydrogen-bond donors (Lipinski definition) is 2. The first kappa shape index (κ1) is 17.3. The van der Waals surface area contributed by atoms with Crippen molar-refractivity contribution in [1.29, 1.82) is 0 Å². The molecule has 6 nitrogen and oxygen atoms in total. The van der Waals surface area contributed by atoms with Gasteiger partial charge in [0, 0.05) is 31.8 Å². The summed E-state index contributed by atoms with van der Waals surface area (Å²) in [6, 6.07) is 0. The van der Waals surface area contributed by atoms with Crippen molar-refractivity contribution in [3.05, 3.63) is 0 Å². The van der Waals surface area contributed by atoms with Gasteiger partial charge in [-0.2, -0.15) is 0 Å². The Hall–Kier alpha value is -1.72. The zero-order valence-electron chi connectivity index (χ0n) is 11.9. The van der Waals surface area contributed by atoms with Gasteiger partial charge in [0.25, 0.3) is 0 Å². The van der Waals surface area contributed by atoms with E-state index in [-0.39, 0.29) is 18.1 Å². The van der Waals surface area contributed by atoms with Crippen LogP contribution < -0.4 is 10.6 Å². The van der Waals surface area contributed by atoms with Gasteiger partial charge in [-0.3, -0.25) is 14.4 Å². The van der Waals surface area contributed by atoms with Gasteiger partial charge in [-0.05, 0) is 6.92 Å². The summed E-state index contributed by atoms with van der Waals surface area (Å²) in [7, 11) is 1.41. The quantitative estimate of drug-likeness (QED) is 0.476. The molecule has 3 unspecified atom stereocenters. The second kappa shape index (κ2) is 8.39. The lowest BCUT2D eigenvalue weighted by molar-refractivity contribution is -0.141. The minimum absolute atomic E-state index is 0.0196. The summed E-state index contributed by atoms with van der Waals surface area (Å²) in [5.74, 6) is -3.46. The highest BCUT2D eigenvalue weighted by Gasteiger charge is 2.34. The smallest absolute Gasteiger partial charge is 0.231 e. The van der Waals surface area contributed by atoms with Crippen molar-refractivity contribution in [2.45, 2.75) is 27.2 Å². The number of ketones is 1. The van der Waals surface area contributed by atoms with E-state index in [0.29, 0.717) is 12.8 Å². The van der Waals surface area contributed by atoms with E-state index in [9.17, 15) is 19.2 Å². The molecule has 0 aliphatic rings. The van der Waals surface area contributed by atoms with Gasteiger partial charge in [0.2, 0.25) is 11.8 Å². The molecular weight excluding hydrogens is 248 g/mol. The number of amides is 2. The molecule has 0 aromatic carbocycles. The summed E-state index contributed by atoms with van der Waals surface area (Å²) < 4.78 is 0. The number of hydrogen-bond acceptors (Lipinski definition) is 4. The van der Waals surface area contributed by atoms with Crippen LogP contribution in [0.1, 0.15) is 27.2 Å². The molecule has 0 aromatic rings. The minimum atomic E-state index is -1.04. The molecule has 6 heteroatoms. The van der Waals surface area contributed by atoms with Crippen molar-refractivity contribution in [1.82, 2.24) is 10.6 Å². The summed E-state index contributed by atoms with van der Waals surface area (Å²) >= 11 is 0. The third kappa shape index (κ3) is 5.19. The molecule has 0 aromatic heterocycles. The molecule has 0 rings (SSSR count). The Labute approximate surface area is 113 Å². The fourth-order valence-electron chi connectivity index (χ4n) is 1.82. The predicted octanol–water partition coefficient (Wildman–Crippen LogP) is -0.0850. The molecule has 0 bridgehead atoms. The van der Waals surface area contributed by atoms with Crippen molar-refractivity contribution < 1.29 is 19.2 Å². The van der Waals surface area contributed by atoms with Gasteiger partial charge in [0.15, 0.2) is 0 Å². The Morgan fingerprint density at radius 3 is 2.21 bits per heavy atom. The molecular formula is C13H22N2O4. The maximum Gasteiger partial charge on any atom is 0.231 e. The topological polar surface area (TPSA) is 92.3 Å². The molecule has 108 valence electrons. The molecule has 0 aliphatic carbocycles. The Balaban J connectivity index is 4.84. The minimum Gasteiger partial charge on any atom is -0.359 e. The molecule has 0 spiro atoms. The van der Waals surface area contributed by atoms with Crippen LogP contribution in [0.3, 0.4) is 0 Å². The Kier molecular flexibility index (Phi) is 7.63. The number of carbonyl (C=O) groups is 4. The number of aldehydes is 1. The maximum absolute atomic E-state index is 12.2. The molecule has 3 atom stereocenters. The van der Waals surface area contributed by atoms with Gasteiger partial charge in [0.1, 0.15) is 18.0 Å². The zero-order valence-corrected chi connectivity index (χ0v) is 11.9.